The summed E-state index contributed by atoms with van der Waals surface area (Å²) in [5.74, 6) is 0.295. The van der Waals surface area contributed by atoms with E-state index in [4.69, 9.17) is 0 Å². The number of fused-ring (bicyclic) bond motifs is 1. The maximum atomic E-state index is 11.3. The van der Waals surface area contributed by atoms with E-state index in [0.29, 0.717) is 22.8 Å². The van der Waals surface area contributed by atoms with Crippen LogP contribution in [0.1, 0.15) is 12.5 Å². The van der Waals surface area contributed by atoms with Gasteiger partial charge in [0.1, 0.15) is 6.07 Å². The number of benzene rings is 2. The molecule has 7 heteroatoms. The number of rotatable bonds is 4. The maximum Gasteiger partial charge on any atom is 0.247 e. The molecule has 0 radical (unpaired) electrons. The molecule has 1 amide bonds. The highest BCUT2D eigenvalue weighted by atomic mass is 16.1. The normalized spacial score (nSPS) is 10.4. The fraction of sp³-hybridized carbons (Fsp3) is 0.0476. The predicted molar refractivity (Wildman–Crippen MR) is 107 cm³/mol. The highest BCUT2D eigenvalue weighted by Gasteiger charge is 2.08. The Balaban J connectivity index is 1.65. The molecule has 2 heterocycles. The van der Waals surface area contributed by atoms with E-state index in [1.54, 1.807) is 10.6 Å². The number of nitrogens with zero attached hydrogens (tertiary/aromatic N) is 4. The van der Waals surface area contributed by atoms with E-state index in [2.05, 4.69) is 26.8 Å². The molecule has 0 aliphatic carbocycles. The van der Waals surface area contributed by atoms with Gasteiger partial charge in [-0.2, -0.15) is 10.2 Å². The van der Waals surface area contributed by atoms with E-state index >= 15 is 0 Å². The first-order valence-electron chi connectivity index (χ1n) is 8.63. The lowest BCUT2D eigenvalue weighted by Gasteiger charge is -2.06. The minimum atomic E-state index is -0.114. The Kier molecular flexibility index (Phi) is 4.44. The number of amides is 1. The van der Waals surface area contributed by atoms with E-state index in [-0.39, 0.29) is 5.91 Å². The van der Waals surface area contributed by atoms with Crippen LogP contribution in [0.3, 0.4) is 0 Å². The second-order valence-corrected chi connectivity index (χ2v) is 6.20. The number of pyridine rings is 1. The van der Waals surface area contributed by atoms with Gasteiger partial charge in [0.25, 0.3) is 0 Å². The van der Waals surface area contributed by atoms with Gasteiger partial charge in [0.2, 0.25) is 11.9 Å². The van der Waals surface area contributed by atoms with Crippen LogP contribution >= 0.6 is 0 Å². The third kappa shape index (κ3) is 3.52. The molecule has 2 aromatic heterocycles. The van der Waals surface area contributed by atoms with Crippen molar-refractivity contribution in [1.29, 1.82) is 5.26 Å². The third-order valence-corrected chi connectivity index (χ3v) is 4.14. The van der Waals surface area contributed by atoms with E-state index in [9.17, 15) is 10.1 Å². The maximum absolute atomic E-state index is 11.3. The van der Waals surface area contributed by atoms with E-state index in [1.165, 1.54) is 6.92 Å². The van der Waals surface area contributed by atoms with Crippen molar-refractivity contribution in [3.63, 3.8) is 0 Å². The molecular weight excluding hydrogens is 352 g/mol. The Morgan fingerprint density at radius 1 is 1.07 bits per heavy atom. The van der Waals surface area contributed by atoms with Gasteiger partial charge in [-0.25, -0.2) is 4.52 Å². The number of nitrogens with one attached hydrogen (secondary N) is 2. The molecule has 4 aromatic rings. The van der Waals surface area contributed by atoms with E-state index < -0.39 is 0 Å². The lowest BCUT2D eigenvalue weighted by atomic mass is 10.1. The molecule has 28 heavy (non-hydrogen) atoms. The largest absolute Gasteiger partial charge is 0.326 e. The molecule has 0 saturated carbocycles. The minimum absolute atomic E-state index is 0.114. The van der Waals surface area contributed by atoms with Gasteiger partial charge < -0.3 is 10.6 Å². The summed E-state index contributed by atoms with van der Waals surface area (Å²) >= 11 is 0. The topological polar surface area (TPSA) is 95.1 Å². The molecule has 0 saturated heterocycles. The zero-order valence-corrected chi connectivity index (χ0v) is 15.0. The number of para-hydroxylation sites is 1. The van der Waals surface area contributed by atoms with E-state index in [1.807, 2.05) is 60.8 Å². The smallest absolute Gasteiger partial charge is 0.247 e. The van der Waals surface area contributed by atoms with Gasteiger partial charge in [-0.3, -0.25) is 4.79 Å². The Morgan fingerprint density at radius 2 is 1.93 bits per heavy atom. The molecule has 0 bridgehead atoms. The van der Waals surface area contributed by atoms with Gasteiger partial charge in [-0.15, -0.1) is 5.10 Å². The lowest BCUT2D eigenvalue weighted by Crippen LogP contribution is -2.05. The first kappa shape index (κ1) is 17.2. The standard InChI is InChI=1S/C21H16N6O/c1-14(28)23-18-7-4-6-15(11-18)17-9-10-20-25-21(26-27(20)13-17)24-19-8-3-2-5-16(19)12-22/h2-11,13H,1H3,(H,23,28)(H,24,26). The fourth-order valence-electron chi connectivity index (χ4n) is 2.90. The zero-order chi connectivity index (χ0) is 19.5. The van der Waals surface area contributed by atoms with Crippen molar-refractivity contribution in [1.82, 2.24) is 14.6 Å². The Bertz CT molecular complexity index is 1220. The minimum Gasteiger partial charge on any atom is -0.326 e. The summed E-state index contributed by atoms with van der Waals surface area (Å²) in [7, 11) is 0. The summed E-state index contributed by atoms with van der Waals surface area (Å²) in [5, 5.41) is 19.5. The molecule has 0 aliphatic rings. The van der Waals surface area contributed by atoms with Gasteiger partial charge in [0.15, 0.2) is 5.65 Å². The Hall–Kier alpha value is -4.18. The second kappa shape index (κ2) is 7.21. The van der Waals surface area contributed by atoms with Crippen molar-refractivity contribution < 1.29 is 4.79 Å². The molecule has 0 aliphatic heterocycles. The fourth-order valence-corrected chi connectivity index (χ4v) is 2.90. The summed E-state index contributed by atoms with van der Waals surface area (Å²) in [6, 6.07) is 20.8. The van der Waals surface area contributed by atoms with Crippen molar-refractivity contribution in [2.45, 2.75) is 6.92 Å². The molecule has 4 rings (SSSR count). The van der Waals surface area contributed by atoms with Gasteiger partial charge in [-0.1, -0.05) is 24.3 Å². The Labute approximate surface area is 161 Å². The highest BCUT2D eigenvalue weighted by molar-refractivity contribution is 5.89. The number of nitriles is 1. The summed E-state index contributed by atoms with van der Waals surface area (Å²) < 4.78 is 1.68. The van der Waals surface area contributed by atoms with E-state index in [0.717, 1.165) is 16.8 Å². The van der Waals surface area contributed by atoms with Crippen LogP contribution in [0.25, 0.3) is 16.8 Å². The first-order valence-corrected chi connectivity index (χ1v) is 8.63. The average Bonchev–Trinajstić information content (AvgIpc) is 3.09. The van der Waals surface area contributed by atoms with Crippen molar-refractivity contribution in [2.24, 2.45) is 0 Å². The van der Waals surface area contributed by atoms with Crippen molar-refractivity contribution in [2.75, 3.05) is 10.6 Å². The number of hydrogen-bond acceptors (Lipinski definition) is 5. The lowest BCUT2D eigenvalue weighted by molar-refractivity contribution is -0.114. The van der Waals surface area contributed by atoms with Crippen molar-refractivity contribution in [3.8, 4) is 17.2 Å². The molecular formula is C21H16N6O. The predicted octanol–water partition coefficient (Wildman–Crippen LogP) is 3.97. The molecule has 0 unspecified atom stereocenters. The van der Waals surface area contributed by atoms with Crippen LogP contribution in [-0.2, 0) is 4.79 Å². The molecule has 136 valence electrons. The second-order valence-electron chi connectivity index (χ2n) is 6.20. The number of carbonyl (C=O) groups is 1. The highest BCUT2D eigenvalue weighted by Crippen LogP contribution is 2.24. The summed E-state index contributed by atoms with van der Waals surface area (Å²) in [6.07, 6.45) is 1.87. The van der Waals surface area contributed by atoms with Crippen LogP contribution in [0.5, 0.6) is 0 Å². The van der Waals surface area contributed by atoms with Crippen molar-refractivity contribution >= 4 is 28.9 Å². The first-order chi connectivity index (χ1) is 13.6. The monoisotopic (exact) mass is 368 g/mol. The SMILES string of the molecule is CC(=O)Nc1cccc(-c2ccc3nc(Nc4ccccc4C#N)nn3c2)c1. The number of aromatic nitrogens is 3. The van der Waals surface area contributed by atoms with Crippen LogP contribution in [0.15, 0.2) is 66.9 Å². The zero-order valence-electron chi connectivity index (χ0n) is 15.0. The molecule has 2 N–H and O–H groups in total. The molecule has 2 aromatic carbocycles. The van der Waals surface area contributed by atoms with Gasteiger partial charge >= 0.3 is 0 Å². The third-order valence-electron chi connectivity index (χ3n) is 4.14. The van der Waals surface area contributed by atoms with Gasteiger partial charge in [0.05, 0.1) is 11.3 Å². The van der Waals surface area contributed by atoms with Crippen LogP contribution in [0.4, 0.5) is 17.3 Å². The summed E-state index contributed by atoms with van der Waals surface area (Å²) in [5.41, 5.74) is 4.49. The van der Waals surface area contributed by atoms with Gasteiger partial charge in [0, 0.05) is 24.4 Å². The molecule has 0 spiro atoms. The van der Waals surface area contributed by atoms with Crippen LogP contribution in [0, 0.1) is 11.3 Å². The summed E-state index contributed by atoms with van der Waals surface area (Å²) in [6.45, 7) is 1.48. The number of hydrogen-bond donors (Lipinski definition) is 2. The average molecular weight is 368 g/mol. The van der Waals surface area contributed by atoms with Crippen LogP contribution in [0.2, 0.25) is 0 Å². The Morgan fingerprint density at radius 3 is 2.75 bits per heavy atom. The molecule has 0 fully saturated rings. The van der Waals surface area contributed by atoms with Crippen LogP contribution in [-0.4, -0.2) is 20.5 Å². The van der Waals surface area contributed by atoms with Crippen LogP contribution < -0.4 is 10.6 Å². The van der Waals surface area contributed by atoms with Crippen molar-refractivity contribution in [3.05, 3.63) is 72.4 Å². The molecule has 7 nitrogen and oxygen atoms in total. The quantitative estimate of drug-likeness (QED) is 0.568. The molecule has 0 atom stereocenters. The number of anilines is 3. The summed E-state index contributed by atoms with van der Waals surface area (Å²) in [4.78, 5) is 15.7. The number of carbonyl (C=O) groups excluding carboxylic acids is 1. The van der Waals surface area contributed by atoms with Gasteiger partial charge in [-0.05, 0) is 42.0 Å².